The van der Waals surface area contributed by atoms with Gasteiger partial charge in [-0.3, -0.25) is 4.79 Å². The van der Waals surface area contributed by atoms with Gasteiger partial charge in [-0.25, -0.2) is 0 Å². The molecule has 1 heterocycles. The van der Waals surface area contributed by atoms with Crippen LogP contribution >= 0.6 is 0 Å². The van der Waals surface area contributed by atoms with Crippen LogP contribution in [0.25, 0.3) is 0 Å². The number of hydrogen-bond donors (Lipinski definition) is 1. The Labute approximate surface area is 118 Å². The molecule has 1 rings (SSSR count). The maximum atomic E-state index is 12.1. The molecule has 1 aliphatic heterocycles. The molecule has 1 saturated heterocycles. The summed E-state index contributed by atoms with van der Waals surface area (Å²) >= 11 is 0. The molecule has 1 amide bonds. The van der Waals surface area contributed by atoms with Gasteiger partial charge in [-0.1, -0.05) is 13.8 Å². The van der Waals surface area contributed by atoms with E-state index in [1.807, 2.05) is 14.0 Å². The first kappa shape index (κ1) is 16.4. The minimum Gasteiger partial charge on any atom is -0.342 e. The Hall–Kier alpha value is -0.610. The fourth-order valence-electron chi connectivity index (χ4n) is 2.70. The first-order valence-electron chi connectivity index (χ1n) is 7.73. The van der Waals surface area contributed by atoms with Crippen molar-refractivity contribution in [3.05, 3.63) is 0 Å². The largest absolute Gasteiger partial charge is 0.342 e. The van der Waals surface area contributed by atoms with Crippen molar-refractivity contribution >= 4 is 5.91 Å². The lowest BCUT2D eigenvalue weighted by Crippen LogP contribution is -2.47. The van der Waals surface area contributed by atoms with Gasteiger partial charge in [0.2, 0.25) is 5.91 Å². The van der Waals surface area contributed by atoms with E-state index in [9.17, 15) is 4.79 Å². The fourth-order valence-corrected chi connectivity index (χ4v) is 2.70. The van der Waals surface area contributed by atoms with Crippen molar-refractivity contribution in [1.82, 2.24) is 15.1 Å². The van der Waals surface area contributed by atoms with Gasteiger partial charge in [0, 0.05) is 25.0 Å². The number of rotatable bonds is 7. The third-order valence-corrected chi connectivity index (χ3v) is 4.37. The van der Waals surface area contributed by atoms with Crippen molar-refractivity contribution in [1.29, 1.82) is 0 Å². The molecule has 0 aliphatic carbocycles. The SMILES string of the molecule is CCC(C)C(=O)N1CCC(N(C)CCCNC)CC1. The highest BCUT2D eigenvalue weighted by Crippen LogP contribution is 2.18. The second kappa shape index (κ2) is 8.54. The van der Waals surface area contributed by atoms with E-state index in [1.165, 1.54) is 6.42 Å². The number of carbonyl (C=O) groups excluding carboxylic acids is 1. The molecule has 0 radical (unpaired) electrons. The topological polar surface area (TPSA) is 35.6 Å². The van der Waals surface area contributed by atoms with Crippen LogP contribution in [0.15, 0.2) is 0 Å². The molecular weight excluding hydrogens is 238 g/mol. The molecule has 1 aliphatic rings. The van der Waals surface area contributed by atoms with Crippen LogP contribution in [-0.2, 0) is 4.79 Å². The van der Waals surface area contributed by atoms with E-state index in [2.05, 4.69) is 29.1 Å². The minimum absolute atomic E-state index is 0.185. The van der Waals surface area contributed by atoms with Crippen LogP contribution in [0, 0.1) is 5.92 Å². The molecule has 4 nitrogen and oxygen atoms in total. The maximum Gasteiger partial charge on any atom is 0.225 e. The van der Waals surface area contributed by atoms with Crippen LogP contribution < -0.4 is 5.32 Å². The maximum absolute atomic E-state index is 12.1. The number of amides is 1. The number of hydrogen-bond acceptors (Lipinski definition) is 3. The second-order valence-electron chi connectivity index (χ2n) is 5.80. The number of nitrogens with zero attached hydrogens (tertiary/aromatic N) is 2. The number of piperidine rings is 1. The molecule has 1 fully saturated rings. The van der Waals surface area contributed by atoms with Gasteiger partial charge in [-0.05, 0) is 52.9 Å². The third kappa shape index (κ3) is 5.11. The van der Waals surface area contributed by atoms with Gasteiger partial charge in [0.25, 0.3) is 0 Å². The van der Waals surface area contributed by atoms with E-state index in [1.54, 1.807) is 0 Å². The molecule has 19 heavy (non-hydrogen) atoms. The van der Waals surface area contributed by atoms with Crippen LogP contribution in [0.2, 0.25) is 0 Å². The molecule has 0 spiro atoms. The van der Waals surface area contributed by atoms with Crippen molar-refractivity contribution in [2.75, 3.05) is 40.3 Å². The van der Waals surface area contributed by atoms with Crippen LogP contribution in [0.3, 0.4) is 0 Å². The van der Waals surface area contributed by atoms with Crippen molar-refractivity contribution < 1.29 is 4.79 Å². The number of likely N-dealkylation sites (tertiary alicyclic amines) is 1. The van der Waals surface area contributed by atoms with Crippen LogP contribution in [0.5, 0.6) is 0 Å². The van der Waals surface area contributed by atoms with E-state index in [4.69, 9.17) is 0 Å². The summed E-state index contributed by atoms with van der Waals surface area (Å²) in [6.45, 7) is 8.22. The summed E-state index contributed by atoms with van der Waals surface area (Å²) in [5.74, 6) is 0.531. The zero-order valence-electron chi connectivity index (χ0n) is 13.1. The summed E-state index contributed by atoms with van der Waals surface area (Å²) in [4.78, 5) is 16.6. The van der Waals surface area contributed by atoms with Gasteiger partial charge in [0.1, 0.15) is 0 Å². The highest BCUT2D eigenvalue weighted by atomic mass is 16.2. The monoisotopic (exact) mass is 269 g/mol. The van der Waals surface area contributed by atoms with E-state index < -0.39 is 0 Å². The van der Waals surface area contributed by atoms with Gasteiger partial charge in [-0.2, -0.15) is 0 Å². The fraction of sp³-hybridized carbons (Fsp3) is 0.933. The molecule has 112 valence electrons. The van der Waals surface area contributed by atoms with E-state index >= 15 is 0 Å². The lowest BCUT2D eigenvalue weighted by Gasteiger charge is -2.37. The van der Waals surface area contributed by atoms with Crippen LogP contribution in [0.1, 0.15) is 39.5 Å². The summed E-state index contributed by atoms with van der Waals surface area (Å²) in [7, 11) is 4.21. The zero-order chi connectivity index (χ0) is 14.3. The van der Waals surface area contributed by atoms with Crippen molar-refractivity contribution in [3.63, 3.8) is 0 Å². The predicted octanol–water partition coefficient (Wildman–Crippen LogP) is 1.56. The van der Waals surface area contributed by atoms with Gasteiger partial charge in [-0.15, -0.1) is 0 Å². The first-order valence-corrected chi connectivity index (χ1v) is 7.73. The van der Waals surface area contributed by atoms with E-state index in [0.29, 0.717) is 11.9 Å². The third-order valence-electron chi connectivity index (χ3n) is 4.37. The molecular formula is C15H31N3O. The summed E-state index contributed by atoms with van der Waals surface area (Å²) < 4.78 is 0. The van der Waals surface area contributed by atoms with Gasteiger partial charge in [0.05, 0.1) is 0 Å². The summed E-state index contributed by atoms with van der Waals surface area (Å²) in [6, 6.07) is 0.651. The Morgan fingerprint density at radius 3 is 2.58 bits per heavy atom. The van der Waals surface area contributed by atoms with Gasteiger partial charge < -0.3 is 15.1 Å². The highest BCUT2D eigenvalue weighted by Gasteiger charge is 2.26. The second-order valence-corrected chi connectivity index (χ2v) is 5.80. The molecule has 1 unspecified atom stereocenters. The molecule has 0 bridgehead atoms. The van der Waals surface area contributed by atoms with Crippen molar-refractivity contribution in [2.24, 2.45) is 5.92 Å². The Morgan fingerprint density at radius 1 is 1.42 bits per heavy atom. The highest BCUT2D eigenvalue weighted by molar-refractivity contribution is 5.78. The standard InChI is InChI=1S/C15H31N3O/c1-5-13(2)15(19)18-11-7-14(8-12-18)17(4)10-6-9-16-3/h13-14,16H,5-12H2,1-4H3. The Bertz CT molecular complexity index is 262. The first-order chi connectivity index (χ1) is 9.10. The summed E-state index contributed by atoms with van der Waals surface area (Å²) in [5.41, 5.74) is 0. The summed E-state index contributed by atoms with van der Waals surface area (Å²) in [6.07, 6.45) is 4.39. The smallest absolute Gasteiger partial charge is 0.225 e. The quantitative estimate of drug-likeness (QED) is 0.713. The molecule has 1 N–H and O–H groups in total. The van der Waals surface area contributed by atoms with Crippen molar-refractivity contribution in [2.45, 2.75) is 45.6 Å². The van der Waals surface area contributed by atoms with Crippen LogP contribution in [-0.4, -0.2) is 62.0 Å². The average Bonchev–Trinajstić information content (AvgIpc) is 2.46. The summed E-state index contributed by atoms with van der Waals surface area (Å²) in [5, 5.41) is 3.19. The van der Waals surface area contributed by atoms with Crippen molar-refractivity contribution in [3.8, 4) is 0 Å². The molecule has 0 aromatic carbocycles. The van der Waals surface area contributed by atoms with E-state index in [-0.39, 0.29) is 5.92 Å². The number of nitrogens with one attached hydrogen (secondary N) is 1. The average molecular weight is 269 g/mol. The molecule has 1 atom stereocenters. The van der Waals surface area contributed by atoms with Gasteiger partial charge in [0.15, 0.2) is 0 Å². The Balaban J connectivity index is 2.30. The Morgan fingerprint density at radius 2 is 2.05 bits per heavy atom. The minimum atomic E-state index is 0.185. The number of carbonyl (C=O) groups is 1. The van der Waals surface area contributed by atoms with E-state index in [0.717, 1.165) is 45.4 Å². The van der Waals surface area contributed by atoms with Gasteiger partial charge >= 0.3 is 0 Å². The molecule has 0 aromatic rings. The molecule has 0 aromatic heterocycles. The lowest BCUT2D eigenvalue weighted by molar-refractivity contribution is -0.136. The normalized spacial score (nSPS) is 18.9. The lowest BCUT2D eigenvalue weighted by atomic mass is 10.0. The Kier molecular flexibility index (Phi) is 7.39. The zero-order valence-corrected chi connectivity index (χ0v) is 13.1. The molecule has 0 saturated carbocycles. The van der Waals surface area contributed by atoms with Crippen LogP contribution in [0.4, 0.5) is 0 Å². The predicted molar refractivity (Wildman–Crippen MR) is 80.2 cm³/mol. The molecule has 4 heteroatoms.